The van der Waals surface area contributed by atoms with Crippen molar-refractivity contribution < 1.29 is 13.9 Å². The van der Waals surface area contributed by atoms with Crippen molar-refractivity contribution >= 4 is 6.29 Å². The third-order valence-electron chi connectivity index (χ3n) is 1.94. The van der Waals surface area contributed by atoms with Crippen LogP contribution < -0.4 is 0 Å². The number of nitrogens with zero attached hydrogens (tertiary/aromatic N) is 1. The van der Waals surface area contributed by atoms with Crippen LogP contribution in [-0.2, 0) is 4.74 Å². The molecule has 0 aromatic carbocycles. The maximum Gasteiger partial charge on any atom is 0.200 e. The van der Waals surface area contributed by atoms with Gasteiger partial charge in [-0.25, -0.2) is 4.98 Å². The number of rotatable bonds is 2. The number of carbonyl (C=O) groups is 1. The molecule has 0 N–H and O–H groups in total. The lowest BCUT2D eigenvalue weighted by Crippen LogP contribution is -1.96. The highest BCUT2D eigenvalue weighted by molar-refractivity contribution is 5.69. The van der Waals surface area contributed by atoms with Crippen LogP contribution in [0.4, 0.5) is 0 Å². The smallest absolute Gasteiger partial charge is 0.200 e. The average Bonchev–Trinajstić information content (AvgIpc) is 2.75. The number of hydrogen-bond donors (Lipinski definition) is 0. The topological polar surface area (TPSA) is 52.3 Å². The van der Waals surface area contributed by atoms with E-state index in [9.17, 15) is 4.79 Å². The quantitative estimate of drug-likeness (QED) is 0.616. The van der Waals surface area contributed by atoms with Gasteiger partial charge in [-0.3, -0.25) is 4.79 Å². The predicted octanol–water partition coefficient (Wildman–Crippen LogP) is 0.991. The Labute approximate surface area is 69.5 Å². The molecular formula is C8H9NO3. The van der Waals surface area contributed by atoms with E-state index in [0.29, 0.717) is 18.8 Å². The maximum atomic E-state index is 10.3. The van der Waals surface area contributed by atoms with E-state index >= 15 is 0 Å². The third-order valence-corrected chi connectivity index (χ3v) is 1.94. The summed E-state index contributed by atoms with van der Waals surface area (Å²) in [7, 11) is 0. The molecule has 1 saturated heterocycles. The molecule has 0 bridgehead atoms. The highest BCUT2D eigenvalue weighted by Crippen LogP contribution is 2.23. The molecule has 0 spiro atoms. The van der Waals surface area contributed by atoms with Crippen LogP contribution in [0.2, 0.25) is 0 Å². The normalized spacial score (nSPS) is 22.8. The van der Waals surface area contributed by atoms with Gasteiger partial charge in [0.1, 0.15) is 0 Å². The Kier molecular flexibility index (Phi) is 1.91. The molecule has 0 saturated carbocycles. The SMILES string of the molecule is O=Cc1cnc(C2CCOC2)o1. The Bertz CT molecular complexity index is 276. The minimum absolute atomic E-state index is 0.235. The summed E-state index contributed by atoms with van der Waals surface area (Å²) >= 11 is 0. The Morgan fingerprint density at radius 1 is 1.67 bits per heavy atom. The van der Waals surface area contributed by atoms with Crippen molar-refractivity contribution in [3.05, 3.63) is 17.8 Å². The highest BCUT2D eigenvalue weighted by Gasteiger charge is 2.22. The summed E-state index contributed by atoms with van der Waals surface area (Å²) in [5, 5.41) is 0. The van der Waals surface area contributed by atoms with Gasteiger partial charge in [0.2, 0.25) is 5.89 Å². The van der Waals surface area contributed by atoms with Crippen LogP contribution in [0.15, 0.2) is 10.6 Å². The molecule has 1 aliphatic rings. The first-order chi connectivity index (χ1) is 5.90. The second-order valence-corrected chi connectivity index (χ2v) is 2.78. The van der Waals surface area contributed by atoms with Crippen LogP contribution in [0.25, 0.3) is 0 Å². The molecule has 0 aliphatic carbocycles. The van der Waals surface area contributed by atoms with E-state index in [0.717, 1.165) is 13.0 Å². The molecule has 4 nitrogen and oxygen atoms in total. The fourth-order valence-electron chi connectivity index (χ4n) is 1.27. The van der Waals surface area contributed by atoms with Gasteiger partial charge in [-0.05, 0) is 6.42 Å². The Morgan fingerprint density at radius 3 is 3.17 bits per heavy atom. The molecule has 0 amide bonds. The number of hydrogen-bond acceptors (Lipinski definition) is 4. The van der Waals surface area contributed by atoms with Crippen molar-refractivity contribution in [1.82, 2.24) is 4.98 Å². The van der Waals surface area contributed by atoms with Gasteiger partial charge in [-0.2, -0.15) is 0 Å². The summed E-state index contributed by atoms with van der Waals surface area (Å²) in [6, 6.07) is 0. The van der Waals surface area contributed by atoms with Crippen LogP contribution in [0, 0.1) is 0 Å². The molecule has 1 aromatic heterocycles. The van der Waals surface area contributed by atoms with E-state index in [1.165, 1.54) is 6.20 Å². The summed E-state index contributed by atoms with van der Waals surface area (Å²) in [5.74, 6) is 1.14. The average molecular weight is 167 g/mol. The van der Waals surface area contributed by atoms with Gasteiger partial charge in [0.15, 0.2) is 12.0 Å². The van der Waals surface area contributed by atoms with Gasteiger partial charge in [0.05, 0.1) is 18.7 Å². The first-order valence-electron chi connectivity index (χ1n) is 3.89. The molecule has 64 valence electrons. The minimum Gasteiger partial charge on any atom is -0.438 e. The van der Waals surface area contributed by atoms with E-state index in [2.05, 4.69) is 4.98 Å². The Hall–Kier alpha value is -1.16. The molecule has 1 aliphatic heterocycles. The van der Waals surface area contributed by atoms with Gasteiger partial charge in [-0.15, -0.1) is 0 Å². The van der Waals surface area contributed by atoms with Crippen molar-refractivity contribution in [3.63, 3.8) is 0 Å². The summed E-state index contributed by atoms with van der Waals surface area (Å²) in [4.78, 5) is 14.3. The van der Waals surface area contributed by atoms with E-state index in [1.807, 2.05) is 0 Å². The number of carbonyl (C=O) groups excluding carboxylic acids is 1. The number of aldehydes is 1. The first-order valence-corrected chi connectivity index (χ1v) is 3.89. The standard InChI is InChI=1S/C8H9NO3/c10-4-7-3-9-8(12-7)6-1-2-11-5-6/h3-4,6H,1-2,5H2. The molecule has 4 heteroatoms. The van der Waals surface area contributed by atoms with Crippen LogP contribution in [0.5, 0.6) is 0 Å². The summed E-state index contributed by atoms with van der Waals surface area (Å²) in [5.41, 5.74) is 0. The molecule has 2 heterocycles. The van der Waals surface area contributed by atoms with Crippen LogP contribution in [0.1, 0.15) is 28.8 Å². The van der Waals surface area contributed by atoms with Gasteiger partial charge in [0, 0.05) is 6.61 Å². The summed E-state index contributed by atoms with van der Waals surface area (Å²) in [6.07, 6.45) is 3.03. The molecule has 1 atom stereocenters. The Morgan fingerprint density at radius 2 is 2.58 bits per heavy atom. The number of aromatic nitrogens is 1. The summed E-state index contributed by atoms with van der Waals surface area (Å²) in [6.45, 7) is 1.41. The van der Waals surface area contributed by atoms with Crippen molar-refractivity contribution in [3.8, 4) is 0 Å². The lowest BCUT2D eigenvalue weighted by molar-refractivity contribution is 0.109. The molecular weight excluding hydrogens is 158 g/mol. The van der Waals surface area contributed by atoms with Crippen LogP contribution in [0.3, 0.4) is 0 Å². The highest BCUT2D eigenvalue weighted by atomic mass is 16.5. The fraction of sp³-hybridized carbons (Fsp3) is 0.500. The van der Waals surface area contributed by atoms with E-state index in [1.54, 1.807) is 0 Å². The second kappa shape index (κ2) is 3.06. The maximum absolute atomic E-state index is 10.3. The first kappa shape index (κ1) is 7.49. The van der Waals surface area contributed by atoms with Crippen LogP contribution >= 0.6 is 0 Å². The predicted molar refractivity (Wildman–Crippen MR) is 40.1 cm³/mol. The lowest BCUT2D eigenvalue weighted by atomic mass is 10.1. The third kappa shape index (κ3) is 1.25. The number of oxazole rings is 1. The number of ether oxygens (including phenoxy) is 1. The van der Waals surface area contributed by atoms with Crippen molar-refractivity contribution in [2.75, 3.05) is 13.2 Å². The van der Waals surface area contributed by atoms with E-state index in [-0.39, 0.29) is 11.7 Å². The lowest BCUT2D eigenvalue weighted by Gasteiger charge is -1.98. The van der Waals surface area contributed by atoms with Crippen molar-refractivity contribution in [2.24, 2.45) is 0 Å². The molecule has 1 aromatic rings. The van der Waals surface area contributed by atoms with Gasteiger partial charge >= 0.3 is 0 Å². The molecule has 1 unspecified atom stereocenters. The zero-order valence-corrected chi connectivity index (χ0v) is 6.53. The van der Waals surface area contributed by atoms with Crippen LogP contribution in [-0.4, -0.2) is 24.5 Å². The van der Waals surface area contributed by atoms with Gasteiger partial charge < -0.3 is 9.15 Å². The molecule has 1 fully saturated rings. The monoisotopic (exact) mass is 167 g/mol. The zero-order chi connectivity index (χ0) is 8.39. The van der Waals surface area contributed by atoms with E-state index < -0.39 is 0 Å². The molecule has 0 radical (unpaired) electrons. The van der Waals surface area contributed by atoms with Crippen molar-refractivity contribution in [2.45, 2.75) is 12.3 Å². The van der Waals surface area contributed by atoms with Gasteiger partial charge in [-0.1, -0.05) is 0 Å². The zero-order valence-electron chi connectivity index (χ0n) is 6.53. The minimum atomic E-state index is 0.235. The Balaban J connectivity index is 2.16. The fourth-order valence-corrected chi connectivity index (χ4v) is 1.27. The summed E-state index contributed by atoms with van der Waals surface area (Å²) < 4.78 is 10.3. The largest absolute Gasteiger partial charge is 0.438 e. The second-order valence-electron chi connectivity index (χ2n) is 2.78. The van der Waals surface area contributed by atoms with Crippen molar-refractivity contribution in [1.29, 1.82) is 0 Å². The van der Waals surface area contributed by atoms with E-state index in [4.69, 9.17) is 9.15 Å². The van der Waals surface area contributed by atoms with Gasteiger partial charge in [0.25, 0.3) is 0 Å². The molecule has 12 heavy (non-hydrogen) atoms. The molecule has 2 rings (SSSR count).